The van der Waals surface area contributed by atoms with Crippen LogP contribution in [0.15, 0.2) is 12.1 Å². The molecule has 0 atom stereocenters. The van der Waals surface area contributed by atoms with Gasteiger partial charge in [0.05, 0.1) is 11.6 Å². The Morgan fingerprint density at radius 3 is 2.59 bits per heavy atom. The molecule has 92 valence electrons. The standard InChI is InChI=1S/C10H9ClF3N3/c1-2-17(6-10(12,13)14)9-4-7(5-15)3-8(11)16-9/h3-4H,2,6H2,1H3. The fourth-order valence-electron chi connectivity index (χ4n) is 1.28. The van der Waals surface area contributed by atoms with Crippen LogP contribution in [0.5, 0.6) is 0 Å². The van der Waals surface area contributed by atoms with Gasteiger partial charge in [-0.3, -0.25) is 0 Å². The van der Waals surface area contributed by atoms with Gasteiger partial charge in [-0.15, -0.1) is 0 Å². The Morgan fingerprint density at radius 1 is 1.47 bits per heavy atom. The number of nitrogens with zero attached hydrogens (tertiary/aromatic N) is 3. The highest BCUT2D eigenvalue weighted by Crippen LogP contribution is 2.22. The fourth-order valence-corrected chi connectivity index (χ4v) is 1.48. The number of hydrogen-bond acceptors (Lipinski definition) is 3. The highest BCUT2D eigenvalue weighted by molar-refractivity contribution is 6.29. The van der Waals surface area contributed by atoms with Crippen LogP contribution < -0.4 is 4.90 Å². The maximum Gasteiger partial charge on any atom is 0.405 e. The molecule has 0 aliphatic carbocycles. The van der Waals surface area contributed by atoms with Gasteiger partial charge in [-0.2, -0.15) is 18.4 Å². The van der Waals surface area contributed by atoms with Crippen LogP contribution in [0.1, 0.15) is 12.5 Å². The molecule has 0 aromatic carbocycles. The first-order valence-corrected chi connectivity index (χ1v) is 5.13. The number of alkyl halides is 3. The summed E-state index contributed by atoms with van der Waals surface area (Å²) in [5.41, 5.74) is 0.181. The SMILES string of the molecule is CCN(CC(F)(F)F)c1cc(C#N)cc(Cl)n1. The van der Waals surface area contributed by atoms with Gasteiger partial charge in [-0.05, 0) is 19.1 Å². The first-order chi connectivity index (χ1) is 7.85. The molecule has 0 aliphatic rings. The van der Waals surface area contributed by atoms with Crippen molar-refractivity contribution >= 4 is 17.4 Å². The predicted octanol–water partition coefficient (Wildman–Crippen LogP) is 3.00. The first-order valence-electron chi connectivity index (χ1n) is 4.75. The predicted molar refractivity (Wildman–Crippen MR) is 57.9 cm³/mol. The molecule has 1 heterocycles. The van der Waals surface area contributed by atoms with Crippen molar-refractivity contribution in [3.05, 3.63) is 22.8 Å². The van der Waals surface area contributed by atoms with Gasteiger partial charge in [0.15, 0.2) is 0 Å². The number of anilines is 1. The van der Waals surface area contributed by atoms with E-state index < -0.39 is 12.7 Å². The summed E-state index contributed by atoms with van der Waals surface area (Å²) in [7, 11) is 0. The highest BCUT2D eigenvalue weighted by Gasteiger charge is 2.30. The zero-order chi connectivity index (χ0) is 13.1. The number of hydrogen-bond donors (Lipinski definition) is 0. The van der Waals surface area contributed by atoms with Crippen LogP contribution in [-0.4, -0.2) is 24.2 Å². The van der Waals surface area contributed by atoms with Crippen LogP contribution >= 0.6 is 11.6 Å². The molecule has 0 saturated heterocycles. The lowest BCUT2D eigenvalue weighted by atomic mass is 10.3. The average molecular weight is 264 g/mol. The Bertz CT molecular complexity index is 439. The Morgan fingerprint density at radius 2 is 2.12 bits per heavy atom. The summed E-state index contributed by atoms with van der Waals surface area (Å²) in [4.78, 5) is 4.78. The van der Waals surface area contributed by atoms with E-state index in [0.29, 0.717) is 0 Å². The molecule has 7 heteroatoms. The molecule has 0 aliphatic heterocycles. The third-order valence-electron chi connectivity index (χ3n) is 1.99. The maximum absolute atomic E-state index is 12.3. The number of rotatable bonds is 3. The van der Waals surface area contributed by atoms with Crippen molar-refractivity contribution in [2.45, 2.75) is 13.1 Å². The Labute approximate surface area is 101 Å². The van der Waals surface area contributed by atoms with E-state index in [9.17, 15) is 13.2 Å². The zero-order valence-electron chi connectivity index (χ0n) is 8.92. The van der Waals surface area contributed by atoms with Crippen LogP contribution in [0, 0.1) is 11.3 Å². The van der Waals surface area contributed by atoms with E-state index in [0.717, 1.165) is 4.90 Å². The van der Waals surface area contributed by atoms with E-state index in [4.69, 9.17) is 16.9 Å². The van der Waals surface area contributed by atoms with E-state index >= 15 is 0 Å². The van der Waals surface area contributed by atoms with E-state index in [1.165, 1.54) is 12.1 Å². The average Bonchev–Trinajstić information content (AvgIpc) is 2.23. The molecule has 1 rings (SSSR count). The molecule has 0 spiro atoms. The van der Waals surface area contributed by atoms with Gasteiger partial charge in [0.2, 0.25) is 0 Å². The summed E-state index contributed by atoms with van der Waals surface area (Å²) in [6, 6.07) is 4.39. The topological polar surface area (TPSA) is 39.9 Å². The van der Waals surface area contributed by atoms with Gasteiger partial charge >= 0.3 is 6.18 Å². The van der Waals surface area contributed by atoms with Crippen LogP contribution in [0.4, 0.5) is 19.0 Å². The molecule has 1 aromatic heterocycles. The van der Waals surface area contributed by atoms with Crippen molar-refractivity contribution in [1.82, 2.24) is 4.98 Å². The fraction of sp³-hybridized carbons (Fsp3) is 0.400. The third-order valence-corrected chi connectivity index (χ3v) is 2.18. The number of pyridine rings is 1. The van der Waals surface area contributed by atoms with Crippen molar-refractivity contribution in [3.63, 3.8) is 0 Å². The number of nitriles is 1. The minimum Gasteiger partial charge on any atom is -0.348 e. The van der Waals surface area contributed by atoms with Gasteiger partial charge in [-0.1, -0.05) is 11.6 Å². The largest absolute Gasteiger partial charge is 0.405 e. The molecule has 17 heavy (non-hydrogen) atoms. The molecule has 0 saturated carbocycles. The number of halogens is 4. The van der Waals surface area contributed by atoms with E-state index in [1.54, 1.807) is 6.92 Å². The molecule has 0 fully saturated rings. The van der Waals surface area contributed by atoms with Crippen molar-refractivity contribution in [3.8, 4) is 6.07 Å². The van der Waals surface area contributed by atoms with Gasteiger partial charge in [0, 0.05) is 6.54 Å². The molecule has 3 nitrogen and oxygen atoms in total. The summed E-state index contributed by atoms with van der Waals surface area (Å²) >= 11 is 5.63. The molecule has 0 N–H and O–H groups in total. The monoisotopic (exact) mass is 263 g/mol. The number of aromatic nitrogens is 1. The van der Waals surface area contributed by atoms with Crippen molar-refractivity contribution in [2.24, 2.45) is 0 Å². The Balaban J connectivity index is 3.04. The molecular formula is C10H9ClF3N3. The lowest BCUT2D eigenvalue weighted by Gasteiger charge is -2.23. The maximum atomic E-state index is 12.3. The molecular weight excluding hydrogens is 255 g/mol. The smallest absolute Gasteiger partial charge is 0.348 e. The summed E-state index contributed by atoms with van der Waals surface area (Å²) in [5, 5.41) is 8.70. The van der Waals surface area contributed by atoms with Crippen molar-refractivity contribution in [2.75, 3.05) is 18.0 Å². The quantitative estimate of drug-likeness (QED) is 0.787. The minimum absolute atomic E-state index is 0.000301. The van der Waals surface area contributed by atoms with E-state index in [-0.39, 0.29) is 23.1 Å². The zero-order valence-corrected chi connectivity index (χ0v) is 9.68. The molecule has 0 radical (unpaired) electrons. The highest BCUT2D eigenvalue weighted by atomic mass is 35.5. The van der Waals surface area contributed by atoms with Gasteiger partial charge in [0.1, 0.15) is 17.5 Å². The normalized spacial score (nSPS) is 11.1. The van der Waals surface area contributed by atoms with Crippen LogP contribution in [0.3, 0.4) is 0 Å². The van der Waals surface area contributed by atoms with Crippen LogP contribution in [0.2, 0.25) is 5.15 Å². The van der Waals surface area contributed by atoms with E-state index in [1.807, 2.05) is 6.07 Å². The second-order valence-electron chi connectivity index (χ2n) is 3.28. The summed E-state index contributed by atoms with van der Waals surface area (Å²) < 4.78 is 36.9. The van der Waals surface area contributed by atoms with Gasteiger partial charge in [0.25, 0.3) is 0 Å². The van der Waals surface area contributed by atoms with Gasteiger partial charge < -0.3 is 4.90 Å². The molecule has 0 amide bonds. The third kappa shape index (κ3) is 4.11. The summed E-state index contributed by atoms with van der Waals surface area (Å²) in [6.45, 7) is 0.569. The molecule has 0 unspecified atom stereocenters. The Hall–Kier alpha value is -1.48. The van der Waals surface area contributed by atoms with Crippen LogP contribution in [0.25, 0.3) is 0 Å². The second-order valence-corrected chi connectivity index (χ2v) is 3.67. The van der Waals surface area contributed by atoms with E-state index in [2.05, 4.69) is 4.98 Å². The lowest BCUT2D eigenvalue weighted by Crippen LogP contribution is -2.34. The Kier molecular flexibility index (Phi) is 4.18. The summed E-state index contributed by atoms with van der Waals surface area (Å²) in [6.07, 6.45) is -4.33. The second kappa shape index (κ2) is 5.23. The minimum atomic E-state index is -4.33. The molecule has 0 bridgehead atoms. The molecule has 1 aromatic rings. The first kappa shape index (κ1) is 13.6. The summed E-state index contributed by atoms with van der Waals surface area (Å²) in [5.74, 6) is 0.0499. The van der Waals surface area contributed by atoms with Gasteiger partial charge in [-0.25, -0.2) is 4.98 Å². The van der Waals surface area contributed by atoms with Crippen LogP contribution in [-0.2, 0) is 0 Å². The van der Waals surface area contributed by atoms with Crippen molar-refractivity contribution < 1.29 is 13.2 Å². The van der Waals surface area contributed by atoms with Crippen molar-refractivity contribution in [1.29, 1.82) is 5.26 Å². The lowest BCUT2D eigenvalue weighted by molar-refractivity contribution is -0.119.